The lowest BCUT2D eigenvalue weighted by Crippen LogP contribution is -2.37. The second-order valence-corrected chi connectivity index (χ2v) is 5.42. The summed E-state index contributed by atoms with van der Waals surface area (Å²) in [6.45, 7) is 7.56. The van der Waals surface area contributed by atoms with Crippen LogP contribution in [0.2, 0.25) is 0 Å². The van der Waals surface area contributed by atoms with Crippen LogP contribution in [0.5, 0.6) is 0 Å². The molecular weight excluding hydrogens is 278 g/mol. The van der Waals surface area contributed by atoms with E-state index in [9.17, 15) is 4.79 Å². The Hall–Kier alpha value is -1.02. The van der Waals surface area contributed by atoms with Crippen molar-refractivity contribution < 1.29 is 14.3 Å². The molecule has 2 heterocycles. The van der Waals surface area contributed by atoms with E-state index in [0.717, 1.165) is 17.4 Å². The second kappa shape index (κ2) is 7.68. The van der Waals surface area contributed by atoms with Crippen molar-refractivity contribution in [3.8, 4) is 0 Å². The Labute approximate surface area is 123 Å². The first-order valence-electron chi connectivity index (χ1n) is 6.83. The Kier molecular flexibility index (Phi) is 5.90. The number of hydrogen-bond acceptors (Lipinski definition) is 6. The lowest BCUT2D eigenvalue weighted by Gasteiger charge is -2.22. The quantitative estimate of drug-likeness (QED) is 0.850. The van der Waals surface area contributed by atoms with Crippen molar-refractivity contribution in [1.29, 1.82) is 0 Å². The third kappa shape index (κ3) is 4.24. The van der Waals surface area contributed by atoms with E-state index < -0.39 is 0 Å². The van der Waals surface area contributed by atoms with E-state index in [2.05, 4.69) is 10.3 Å². The van der Waals surface area contributed by atoms with Crippen LogP contribution in [0.15, 0.2) is 5.38 Å². The van der Waals surface area contributed by atoms with Gasteiger partial charge in [0.25, 0.3) is 0 Å². The summed E-state index contributed by atoms with van der Waals surface area (Å²) in [4.78, 5) is 17.6. The maximum absolute atomic E-state index is 11.5. The first-order chi connectivity index (χ1) is 9.70. The van der Waals surface area contributed by atoms with Gasteiger partial charge < -0.3 is 14.8 Å². The van der Waals surface area contributed by atoms with Crippen molar-refractivity contribution in [2.75, 3.05) is 37.8 Å². The van der Waals surface area contributed by atoms with Gasteiger partial charge in [-0.15, -0.1) is 11.3 Å². The third-order valence-electron chi connectivity index (χ3n) is 3.03. The van der Waals surface area contributed by atoms with E-state index in [-0.39, 0.29) is 12.0 Å². The van der Waals surface area contributed by atoms with Gasteiger partial charge in [0.1, 0.15) is 0 Å². The minimum Gasteiger partial charge on any atom is -0.376 e. The molecule has 0 bridgehead atoms. The van der Waals surface area contributed by atoms with Gasteiger partial charge in [-0.1, -0.05) is 0 Å². The molecule has 1 fully saturated rings. The molecule has 0 aromatic carbocycles. The Bertz CT molecular complexity index is 432. The molecular formula is C13H21N3O3S. The normalized spacial score (nSPS) is 19.0. The predicted octanol–water partition coefficient (Wildman–Crippen LogP) is 1.02. The summed E-state index contributed by atoms with van der Waals surface area (Å²) in [5, 5.41) is 6.04. The van der Waals surface area contributed by atoms with Crippen LogP contribution in [0.4, 0.5) is 5.13 Å². The number of ether oxygens (including phenoxy) is 2. The number of aromatic nitrogens is 1. The number of nitrogens with one attached hydrogen (secondary N) is 1. The molecule has 0 spiro atoms. The van der Waals surface area contributed by atoms with Crippen LogP contribution < -0.4 is 10.2 Å². The SMILES string of the molecule is CCN(C(C)=O)c1nc(CNCC2COCCO2)cs1. The van der Waals surface area contributed by atoms with Crippen molar-refractivity contribution >= 4 is 22.4 Å². The summed E-state index contributed by atoms with van der Waals surface area (Å²) in [5.74, 6) is 0.0223. The molecule has 0 saturated carbocycles. The van der Waals surface area contributed by atoms with E-state index in [1.165, 1.54) is 11.3 Å². The van der Waals surface area contributed by atoms with E-state index in [0.29, 0.717) is 32.9 Å². The number of hydrogen-bond donors (Lipinski definition) is 1. The summed E-state index contributed by atoms with van der Waals surface area (Å²) < 4.78 is 10.9. The zero-order valence-electron chi connectivity index (χ0n) is 11.9. The van der Waals surface area contributed by atoms with Gasteiger partial charge in [0.15, 0.2) is 5.13 Å². The molecule has 0 radical (unpaired) electrons. The van der Waals surface area contributed by atoms with E-state index in [1.54, 1.807) is 11.8 Å². The lowest BCUT2D eigenvalue weighted by molar-refractivity contribution is -0.116. The van der Waals surface area contributed by atoms with Gasteiger partial charge in [-0.05, 0) is 6.92 Å². The van der Waals surface area contributed by atoms with Crippen LogP contribution in [-0.2, 0) is 20.8 Å². The molecule has 1 aliphatic rings. The van der Waals surface area contributed by atoms with Crippen LogP contribution in [0.3, 0.4) is 0 Å². The van der Waals surface area contributed by atoms with Crippen molar-refractivity contribution in [2.24, 2.45) is 0 Å². The van der Waals surface area contributed by atoms with Crippen LogP contribution in [0.25, 0.3) is 0 Å². The summed E-state index contributed by atoms with van der Waals surface area (Å²) in [6, 6.07) is 0. The van der Waals surface area contributed by atoms with Crippen LogP contribution in [0, 0.1) is 0 Å². The molecule has 1 unspecified atom stereocenters. The Morgan fingerprint density at radius 3 is 3.10 bits per heavy atom. The fraction of sp³-hybridized carbons (Fsp3) is 0.692. The number of carbonyl (C=O) groups excluding carboxylic acids is 1. The molecule has 0 aliphatic carbocycles. The van der Waals surface area contributed by atoms with E-state index in [1.807, 2.05) is 12.3 Å². The molecule has 1 aliphatic heterocycles. The number of rotatable bonds is 6. The van der Waals surface area contributed by atoms with Gasteiger partial charge in [-0.3, -0.25) is 9.69 Å². The Balaban J connectivity index is 1.78. The van der Waals surface area contributed by atoms with Crippen LogP contribution in [-0.4, -0.2) is 49.9 Å². The maximum atomic E-state index is 11.5. The molecule has 112 valence electrons. The maximum Gasteiger partial charge on any atom is 0.225 e. The lowest BCUT2D eigenvalue weighted by atomic mass is 10.3. The highest BCUT2D eigenvalue weighted by Crippen LogP contribution is 2.20. The summed E-state index contributed by atoms with van der Waals surface area (Å²) in [6.07, 6.45) is 0.117. The van der Waals surface area contributed by atoms with Gasteiger partial charge >= 0.3 is 0 Å². The molecule has 6 nitrogen and oxygen atoms in total. The van der Waals surface area contributed by atoms with Gasteiger partial charge in [0, 0.05) is 31.9 Å². The first-order valence-corrected chi connectivity index (χ1v) is 7.71. The topological polar surface area (TPSA) is 63.7 Å². The smallest absolute Gasteiger partial charge is 0.225 e. The zero-order valence-corrected chi connectivity index (χ0v) is 12.7. The number of carbonyl (C=O) groups is 1. The number of thiazole rings is 1. The van der Waals surface area contributed by atoms with Crippen LogP contribution >= 0.6 is 11.3 Å². The van der Waals surface area contributed by atoms with Crippen molar-refractivity contribution in [2.45, 2.75) is 26.5 Å². The van der Waals surface area contributed by atoms with Crippen LogP contribution in [0.1, 0.15) is 19.5 Å². The van der Waals surface area contributed by atoms with Gasteiger partial charge in [-0.25, -0.2) is 4.98 Å². The highest BCUT2D eigenvalue weighted by molar-refractivity contribution is 7.14. The van der Waals surface area contributed by atoms with Gasteiger partial charge in [-0.2, -0.15) is 0 Å². The van der Waals surface area contributed by atoms with Crippen molar-refractivity contribution in [1.82, 2.24) is 10.3 Å². The summed E-state index contributed by atoms with van der Waals surface area (Å²) in [5.41, 5.74) is 0.946. The molecule has 1 aromatic rings. The Morgan fingerprint density at radius 1 is 1.60 bits per heavy atom. The van der Waals surface area contributed by atoms with Crippen molar-refractivity contribution in [3.05, 3.63) is 11.1 Å². The highest BCUT2D eigenvalue weighted by Gasteiger charge is 2.15. The zero-order chi connectivity index (χ0) is 14.4. The molecule has 20 heavy (non-hydrogen) atoms. The van der Waals surface area contributed by atoms with Gasteiger partial charge in [0.2, 0.25) is 5.91 Å². The average molecular weight is 299 g/mol. The number of amides is 1. The molecule has 1 aromatic heterocycles. The predicted molar refractivity (Wildman–Crippen MR) is 78.1 cm³/mol. The van der Waals surface area contributed by atoms with E-state index in [4.69, 9.17) is 9.47 Å². The summed E-state index contributed by atoms with van der Waals surface area (Å²) in [7, 11) is 0. The molecule has 1 N–H and O–H groups in total. The monoisotopic (exact) mass is 299 g/mol. The van der Waals surface area contributed by atoms with E-state index >= 15 is 0 Å². The number of anilines is 1. The second-order valence-electron chi connectivity index (χ2n) is 4.58. The first kappa shape index (κ1) is 15.4. The molecule has 2 rings (SSSR count). The Morgan fingerprint density at radius 2 is 2.45 bits per heavy atom. The number of nitrogens with zero attached hydrogens (tertiary/aromatic N) is 2. The summed E-state index contributed by atoms with van der Waals surface area (Å²) >= 11 is 1.49. The molecule has 1 amide bonds. The largest absolute Gasteiger partial charge is 0.376 e. The minimum atomic E-state index is 0.0223. The average Bonchev–Trinajstić information content (AvgIpc) is 2.89. The third-order valence-corrected chi connectivity index (χ3v) is 3.94. The fourth-order valence-electron chi connectivity index (χ4n) is 2.01. The molecule has 1 saturated heterocycles. The fourth-order valence-corrected chi connectivity index (χ4v) is 2.94. The van der Waals surface area contributed by atoms with Crippen molar-refractivity contribution in [3.63, 3.8) is 0 Å². The van der Waals surface area contributed by atoms with Gasteiger partial charge in [0.05, 0.1) is 31.6 Å². The highest BCUT2D eigenvalue weighted by atomic mass is 32.1. The molecule has 1 atom stereocenters. The standard InChI is InChI=1S/C13H21N3O3S/c1-3-16(10(2)17)13-15-11(9-20-13)6-14-7-12-8-18-4-5-19-12/h9,12,14H,3-8H2,1-2H3. The minimum absolute atomic E-state index is 0.0223. The molecule has 7 heteroatoms.